The summed E-state index contributed by atoms with van der Waals surface area (Å²) in [6, 6.07) is 52.9. The molecule has 1 unspecified atom stereocenters. The molecule has 0 spiro atoms. The van der Waals surface area contributed by atoms with Crippen molar-refractivity contribution in [3.63, 3.8) is 0 Å². The first kappa shape index (κ1) is 26.3. The summed E-state index contributed by atoms with van der Waals surface area (Å²) in [7, 11) is -5.52. The van der Waals surface area contributed by atoms with Crippen LogP contribution in [0.25, 0.3) is 0 Å². The van der Waals surface area contributed by atoms with Gasteiger partial charge < -0.3 is 0 Å². The van der Waals surface area contributed by atoms with Gasteiger partial charge in [0.05, 0.1) is 0 Å². The molecule has 0 amide bonds. The average molecular weight is 555 g/mol. The Kier molecular flexibility index (Phi) is 7.70. The number of benzene rings is 5. The number of rotatable bonds is 8. The summed E-state index contributed by atoms with van der Waals surface area (Å²) < 4.78 is 0. The van der Waals surface area contributed by atoms with Crippen LogP contribution in [0.2, 0.25) is 0 Å². The van der Waals surface area contributed by atoms with Gasteiger partial charge in [-0.2, -0.15) is 0 Å². The van der Waals surface area contributed by atoms with E-state index in [1.807, 2.05) is 18.2 Å². The minimum absolute atomic E-state index is 0.0605. The van der Waals surface area contributed by atoms with Gasteiger partial charge in [0.25, 0.3) is 0 Å². The van der Waals surface area contributed by atoms with Crippen molar-refractivity contribution in [2.45, 2.75) is 12.1 Å². The third-order valence-electron chi connectivity index (χ3n) is 7.80. The van der Waals surface area contributed by atoms with Gasteiger partial charge in [-0.1, -0.05) is 109 Å². The Morgan fingerprint density at radius 3 is 1.15 bits per heavy atom. The molecule has 0 saturated carbocycles. The summed E-state index contributed by atoms with van der Waals surface area (Å²) in [6.45, 7) is 0. The highest BCUT2D eigenvalue weighted by atomic mass is 31.2. The van der Waals surface area contributed by atoms with Crippen LogP contribution in [0.4, 0.5) is 4.79 Å². The predicted molar refractivity (Wildman–Crippen MR) is 176 cm³/mol. The lowest BCUT2D eigenvalue weighted by Gasteiger charge is -2.35. The maximum absolute atomic E-state index is 16.4. The molecule has 1 nitrogen and oxygen atoms in total. The van der Waals surface area contributed by atoms with Crippen molar-refractivity contribution in [1.29, 1.82) is 0 Å². The highest BCUT2D eigenvalue weighted by Gasteiger charge is 2.71. The van der Waals surface area contributed by atoms with E-state index in [0.717, 1.165) is 32.9 Å². The van der Waals surface area contributed by atoms with Crippen molar-refractivity contribution in [3.8, 4) is 0 Å². The molecule has 6 rings (SSSR count). The van der Waals surface area contributed by atoms with E-state index in [2.05, 4.69) is 158 Å². The van der Waals surface area contributed by atoms with Crippen molar-refractivity contribution >= 4 is 46.3 Å². The molecule has 0 radical (unpaired) electrons. The molecule has 0 fully saturated rings. The van der Waals surface area contributed by atoms with Gasteiger partial charge in [-0.3, -0.25) is 0 Å². The van der Waals surface area contributed by atoms with Crippen LogP contribution in [0.3, 0.4) is 0 Å². The molecule has 0 saturated heterocycles. The molecule has 3 heteroatoms. The number of allylic oxidation sites excluding steroid dienone is 4. The average Bonchev–Trinajstić information content (AvgIpc) is 3.05. The molecule has 5 aromatic rings. The van der Waals surface area contributed by atoms with Crippen molar-refractivity contribution in [1.82, 2.24) is 0 Å². The van der Waals surface area contributed by atoms with E-state index in [0.29, 0.717) is 5.27 Å². The molecule has 0 aliphatic heterocycles. The van der Waals surface area contributed by atoms with Crippen LogP contribution in [-0.4, -0.2) is 10.9 Å². The van der Waals surface area contributed by atoms with E-state index in [1.54, 1.807) is 0 Å². The monoisotopic (exact) mass is 554 g/mol. The molecular weight excluding hydrogens is 522 g/mol. The minimum Gasteiger partial charge on any atom is -0.209 e. The molecule has 0 bridgehead atoms. The maximum Gasteiger partial charge on any atom is 0.422 e. The van der Waals surface area contributed by atoms with E-state index in [4.69, 9.17) is 0 Å². The molecule has 0 heterocycles. The van der Waals surface area contributed by atoms with Crippen LogP contribution in [0.5, 0.6) is 0 Å². The highest BCUT2D eigenvalue weighted by molar-refractivity contribution is 8.28. The Bertz CT molecular complexity index is 1480. The third-order valence-corrected chi connectivity index (χ3v) is 17.6. The molecule has 1 atom stereocenters. The summed E-state index contributed by atoms with van der Waals surface area (Å²) in [5.41, 5.74) is 0.0605. The quantitative estimate of drug-likeness (QED) is 0.180. The summed E-state index contributed by atoms with van der Waals surface area (Å²) >= 11 is 0. The second kappa shape index (κ2) is 11.7. The first-order valence-electron chi connectivity index (χ1n) is 13.7. The van der Waals surface area contributed by atoms with Crippen molar-refractivity contribution < 1.29 is 4.79 Å². The fraction of sp³-hybridized carbons (Fsp3) is 0.0541. The van der Waals surface area contributed by atoms with Crippen LogP contribution in [0.1, 0.15) is 6.42 Å². The van der Waals surface area contributed by atoms with Gasteiger partial charge in [0.2, 0.25) is 14.5 Å². The van der Waals surface area contributed by atoms with Gasteiger partial charge >= 0.3 is 5.27 Å². The lowest BCUT2D eigenvalue weighted by Crippen LogP contribution is -2.43. The summed E-state index contributed by atoms with van der Waals surface area (Å²) in [4.78, 5) is 16.4. The number of hydrogen-bond donors (Lipinski definition) is 0. The highest BCUT2D eigenvalue weighted by Crippen LogP contribution is 2.76. The van der Waals surface area contributed by atoms with Gasteiger partial charge in [-0.25, -0.2) is 4.79 Å². The van der Waals surface area contributed by atoms with E-state index < -0.39 is 14.5 Å². The SMILES string of the molecule is O=C([P+](c1ccccc1)(c1ccccc1)c1ccccc1)[P+](c1ccccc1)(c1ccccc1)C1C=CC=CC1. The molecule has 0 aromatic heterocycles. The van der Waals surface area contributed by atoms with Gasteiger partial charge in [0.15, 0.2) is 0 Å². The smallest absolute Gasteiger partial charge is 0.209 e. The van der Waals surface area contributed by atoms with E-state index in [-0.39, 0.29) is 5.66 Å². The zero-order valence-corrected chi connectivity index (χ0v) is 24.1. The first-order valence-corrected chi connectivity index (χ1v) is 17.4. The van der Waals surface area contributed by atoms with E-state index in [9.17, 15) is 0 Å². The lowest BCUT2D eigenvalue weighted by atomic mass is 10.2. The molecule has 1 aliphatic carbocycles. The molecule has 5 aromatic carbocycles. The van der Waals surface area contributed by atoms with Crippen molar-refractivity contribution in [2.24, 2.45) is 0 Å². The Morgan fingerprint density at radius 1 is 0.475 bits per heavy atom. The Morgan fingerprint density at radius 2 is 0.825 bits per heavy atom. The zero-order valence-electron chi connectivity index (χ0n) is 22.3. The van der Waals surface area contributed by atoms with Crippen LogP contribution in [-0.2, 0) is 0 Å². The topological polar surface area (TPSA) is 17.1 Å². The largest absolute Gasteiger partial charge is 0.422 e. The fourth-order valence-electron chi connectivity index (χ4n) is 6.05. The van der Waals surface area contributed by atoms with E-state index >= 15 is 4.79 Å². The van der Waals surface area contributed by atoms with Crippen molar-refractivity contribution in [2.75, 3.05) is 0 Å². The maximum atomic E-state index is 16.4. The molecule has 40 heavy (non-hydrogen) atoms. The predicted octanol–water partition coefficient (Wildman–Crippen LogP) is 7.65. The standard InChI is InChI=1S/C37H32OP2/c38-37(39(31-19-7-1-8-20-31,32-21-9-2-10-22-32)33-23-11-3-12-24-33)40(34-25-13-4-14-26-34,35-27-15-5-16-28-35)36-29-17-6-18-30-36/h1-29,36H,30H2/q+2. The summed E-state index contributed by atoms with van der Waals surface area (Å²) in [5.74, 6) is 0. The normalized spacial score (nSPS) is 15.1. The fourth-order valence-corrected chi connectivity index (χ4v) is 17.4. The Hall–Kier alpha value is -3.89. The molecule has 0 N–H and O–H groups in total. The van der Waals surface area contributed by atoms with Gasteiger partial charge in [-0.05, 0) is 66.7 Å². The molecular formula is C37H32OP2+2. The first-order chi connectivity index (χ1) is 19.8. The van der Waals surface area contributed by atoms with Gasteiger partial charge in [0, 0.05) is 6.42 Å². The van der Waals surface area contributed by atoms with Crippen LogP contribution < -0.4 is 26.5 Å². The zero-order chi connectivity index (χ0) is 27.3. The Balaban J connectivity index is 1.79. The summed E-state index contributed by atoms with van der Waals surface area (Å²) in [5, 5.41) is 5.95. The third kappa shape index (κ3) is 4.41. The van der Waals surface area contributed by atoms with Crippen LogP contribution in [0, 0.1) is 0 Å². The van der Waals surface area contributed by atoms with Gasteiger partial charge in [-0.15, -0.1) is 0 Å². The second-order valence-electron chi connectivity index (χ2n) is 9.97. The number of carbonyl (C=O) groups excluding carboxylic acids is 1. The van der Waals surface area contributed by atoms with Crippen LogP contribution >= 0.6 is 14.5 Å². The minimum atomic E-state index is -2.81. The van der Waals surface area contributed by atoms with E-state index in [1.165, 1.54) is 0 Å². The van der Waals surface area contributed by atoms with Gasteiger partial charge in [0.1, 0.15) is 32.2 Å². The number of carbonyl (C=O) groups is 1. The molecule has 194 valence electrons. The molecule has 1 aliphatic rings. The van der Waals surface area contributed by atoms with Crippen molar-refractivity contribution in [3.05, 3.63) is 176 Å². The number of hydrogen-bond acceptors (Lipinski definition) is 1. The Labute approximate surface area is 238 Å². The van der Waals surface area contributed by atoms with Crippen LogP contribution in [0.15, 0.2) is 176 Å². The summed E-state index contributed by atoms with van der Waals surface area (Å²) in [6.07, 6.45) is 9.60. The second-order valence-corrected chi connectivity index (χ2v) is 17.2. The lowest BCUT2D eigenvalue weighted by molar-refractivity contribution is 0.275.